The van der Waals surface area contributed by atoms with Crippen LogP contribution in [0, 0.1) is 0 Å². The maximum atomic E-state index is 12.2. The monoisotopic (exact) mass is 280 g/mol. The minimum Gasteiger partial charge on any atom is -0.480 e. The van der Waals surface area contributed by atoms with Crippen LogP contribution in [-0.4, -0.2) is 44.4 Å². The molecule has 2 amide bonds. The first-order chi connectivity index (χ1) is 9.61. The lowest BCUT2D eigenvalue weighted by molar-refractivity contribution is -0.142. The lowest BCUT2D eigenvalue weighted by Gasteiger charge is -2.26. The van der Waals surface area contributed by atoms with Gasteiger partial charge < -0.3 is 15.3 Å². The summed E-state index contributed by atoms with van der Waals surface area (Å²) >= 11 is 0. The lowest BCUT2D eigenvalue weighted by atomic mass is 10.1. The number of likely N-dealkylation sites (tertiary alicyclic amines) is 1. The van der Waals surface area contributed by atoms with Gasteiger partial charge in [0.15, 0.2) is 0 Å². The predicted molar refractivity (Wildman–Crippen MR) is 73.5 cm³/mol. The molecule has 1 aliphatic rings. The Hall–Kier alpha value is -2.05. The molecule has 1 aromatic heterocycles. The summed E-state index contributed by atoms with van der Waals surface area (Å²) in [5, 5.41) is 16.0. The number of urea groups is 1. The molecule has 7 heteroatoms. The minimum absolute atomic E-state index is 0.366. The molecule has 7 nitrogen and oxygen atoms in total. The van der Waals surface area contributed by atoms with E-state index in [9.17, 15) is 14.7 Å². The molecule has 0 aliphatic carbocycles. The van der Waals surface area contributed by atoms with Crippen molar-refractivity contribution in [3.8, 4) is 0 Å². The molecule has 0 bridgehead atoms. The first-order valence-corrected chi connectivity index (χ1v) is 6.94. The highest BCUT2D eigenvalue weighted by atomic mass is 16.4. The number of rotatable bonds is 3. The molecule has 2 rings (SSSR count). The highest BCUT2D eigenvalue weighted by Gasteiger charge is 2.30. The number of anilines is 1. The molecule has 0 radical (unpaired) electrons. The molecule has 2 N–H and O–H groups in total. The number of aryl methyl sites for hydroxylation is 1. The Morgan fingerprint density at radius 1 is 1.45 bits per heavy atom. The van der Waals surface area contributed by atoms with E-state index in [0.29, 0.717) is 18.7 Å². The average Bonchev–Trinajstić information content (AvgIpc) is 2.72. The molecule has 0 spiro atoms. The number of carboxylic acid groups (broad SMARTS) is 1. The van der Waals surface area contributed by atoms with Crippen molar-refractivity contribution >= 4 is 17.7 Å². The van der Waals surface area contributed by atoms with Gasteiger partial charge in [-0.1, -0.05) is 12.8 Å². The molecule has 1 aromatic rings. The van der Waals surface area contributed by atoms with Crippen LogP contribution in [-0.2, 0) is 11.3 Å². The predicted octanol–water partition coefficient (Wildman–Crippen LogP) is 1.76. The normalized spacial score (nSPS) is 19.4. The third kappa shape index (κ3) is 3.28. The van der Waals surface area contributed by atoms with E-state index in [1.807, 2.05) is 6.92 Å². The van der Waals surface area contributed by atoms with Crippen LogP contribution in [0.4, 0.5) is 10.5 Å². The van der Waals surface area contributed by atoms with Gasteiger partial charge in [-0.25, -0.2) is 9.59 Å². The average molecular weight is 280 g/mol. The number of nitrogens with one attached hydrogen (secondary N) is 1. The van der Waals surface area contributed by atoms with Gasteiger partial charge in [-0.05, 0) is 19.8 Å². The third-order valence-corrected chi connectivity index (χ3v) is 3.51. The number of hydrogen-bond acceptors (Lipinski definition) is 3. The fourth-order valence-corrected chi connectivity index (χ4v) is 2.40. The summed E-state index contributed by atoms with van der Waals surface area (Å²) in [6, 6.07) is -1.10. The van der Waals surface area contributed by atoms with Crippen molar-refractivity contribution in [2.24, 2.45) is 0 Å². The zero-order valence-electron chi connectivity index (χ0n) is 11.6. The topological polar surface area (TPSA) is 87.5 Å². The molecule has 1 aliphatic heterocycles. The van der Waals surface area contributed by atoms with Crippen LogP contribution in [0.25, 0.3) is 0 Å². The van der Waals surface area contributed by atoms with Gasteiger partial charge in [0.2, 0.25) is 0 Å². The first kappa shape index (κ1) is 14.4. The second-order valence-corrected chi connectivity index (χ2v) is 4.91. The van der Waals surface area contributed by atoms with Gasteiger partial charge in [0.1, 0.15) is 6.04 Å². The van der Waals surface area contributed by atoms with Gasteiger partial charge in [-0.2, -0.15) is 5.10 Å². The van der Waals surface area contributed by atoms with Gasteiger partial charge in [0.25, 0.3) is 0 Å². The van der Waals surface area contributed by atoms with E-state index in [1.54, 1.807) is 17.1 Å². The van der Waals surface area contributed by atoms with Gasteiger partial charge in [-0.3, -0.25) is 4.68 Å². The number of hydrogen-bond donors (Lipinski definition) is 2. The molecule has 110 valence electrons. The molecule has 1 saturated heterocycles. The summed E-state index contributed by atoms with van der Waals surface area (Å²) in [7, 11) is 0. The zero-order chi connectivity index (χ0) is 14.5. The van der Waals surface area contributed by atoms with Crippen molar-refractivity contribution in [1.29, 1.82) is 0 Å². The third-order valence-electron chi connectivity index (χ3n) is 3.51. The molecule has 1 fully saturated rings. The molecule has 0 aromatic carbocycles. The number of nitrogens with zero attached hydrogens (tertiary/aromatic N) is 3. The van der Waals surface area contributed by atoms with Crippen LogP contribution in [0.1, 0.15) is 32.6 Å². The summed E-state index contributed by atoms with van der Waals surface area (Å²) in [5.74, 6) is -0.939. The molecule has 1 atom stereocenters. The van der Waals surface area contributed by atoms with E-state index < -0.39 is 12.0 Å². The number of aromatic nitrogens is 2. The van der Waals surface area contributed by atoms with Gasteiger partial charge in [-0.15, -0.1) is 0 Å². The minimum atomic E-state index is -0.939. The SMILES string of the molecule is CCn1cc(NC(=O)N2CCCCCC2C(=O)O)cn1. The van der Waals surface area contributed by atoms with Crippen LogP contribution >= 0.6 is 0 Å². The molecule has 2 heterocycles. The highest BCUT2D eigenvalue weighted by Crippen LogP contribution is 2.18. The lowest BCUT2D eigenvalue weighted by Crippen LogP contribution is -2.46. The van der Waals surface area contributed by atoms with E-state index in [1.165, 1.54) is 4.90 Å². The van der Waals surface area contributed by atoms with Crippen LogP contribution < -0.4 is 5.32 Å². The molecular weight excluding hydrogens is 260 g/mol. The van der Waals surface area contributed by atoms with E-state index in [4.69, 9.17) is 0 Å². The van der Waals surface area contributed by atoms with Crippen molar-refractivity contribution < 1.29 is 14.7 Å². The van der Waals surface area contributed by atoms with Gasteiger partial charge in [0, 0.05) is 19.3 Å². The van der Waals surface area contributed by atoms with Crippen molar-refractivity contribution in [3.05, 3.63) is 12.4 Å². The van der Waals surface area contributed by atoms with Crippen molar-refractivity contribution in [3.63, 3.8) is 0 Å². The van der Waals surface area contributed by atoms with Crippen molar-refractivity contribution in [1.82, 2.24) is 14.7 Å². The Bertz CT molecular complexity index is 486. The van der Waals surface area contributed by atoms with Gasteiger partial charge >= 0.3 is 12.0 Å². The maximum absolute atomic E-state index is 12.2. The number of carbonyl (C=O) groups excluding carboxylic acids is 1. The summed E-state index contributed by atoms with van der Waals surface area (Å²) in [5.41, 5.74) is 0.588. The fourth-order valence-electron chi connectivity index (χ4n) is 2.40. The Labute approximate surface area is 117 Å². The molecule has 1 unspecified atom stereocenters. The first-order valence-electron chi connectivity index (χ1n) is 6.94. The Morgan fingerprint density at radius 3 is 2.90 bits per heavy atom. The number of aliphatic carboxylic acids is 1. The molecule has 0 saturated carbocycles. The summed E-state index contributed by atoms with van der Waals surface area (Å²) in [4.78, 5) is 24.9. The Balaban J connectivity index is 2.06. The van der Waals surface area contributed by atoms with E-state index in [0.717, 1.165) is 25.8 Å². The van der Waals surface area contributed by atoms with E-state index >= 15 is 0 Å². The smallest absolute Gasteiger partial charge is 0.326 e. The van der Waals surface area contributed by atoms with Crippen LogP contribution in [0.2, 0.25) is 0 Å². The summed E-state index contributed by atoms with van der Waals surface area (Å²) in [6.45, 7) is 3.15. The Morgan fingerprint density at radius 2 is 2.25 bits per heavy atom. The number of carbonyl (C=O) groups is 2. The Kier molecular flexibility index (Phi) is 4.60. The quantitative estimate of drug-likeness (QED) is 0.883. The number of carboxylic acids is 1. The summed E-state index contributed by atoms with van der Waals surface area (Å²) < 4.78 is 1.70. The largest absolute Gasteiger partial charge is 0.480 e. The highest BCUT2D eigenvalue weighted by molar-refractivity contribution is 5.92. The van der Waals surface area contributed by atoms with E-state index in [2.05, 4.69) is 10.4 Å². The molecule has 20 heavy (non-hydrogen) atoms. The second kappa shape index (κ2) is 6.40. The second-order valence-electron chi connectivity index (χ2n) is 4.91. The van der Waals surface area contributed by atoms with Crippen molar-refractivity contribution in [2.75, 3.05) is 11.9 Å². The van der Waals surface area contributed by atoms with Crippen LogP contribution in [0.3, 0.4) is 0 Å². The summed E-state index contributed by atoms with van der Waals surface area (Å²) in [6.07, 6.45) is 6.44. The van der Waals surface area contributed by atoms with E-state index in [-0.39, 0.29) is 6.03 Å². The molecular formula is C13H20N4O3. The maximum Gasteiger partial charge on any atom is 0.326 e. The van der Waals surface area contributed by atoms with Crippen LogP contribution in [0.5, 0.6) is 0 Å². The van der Waals surface area contributed by atoms with Crippen LogP contribution in [0.15, 0.2) is 12.4 Å². The van der Waals surface area contributed by atoms with Gasteiger partial charge in [0.05, 0.1) is 11.9 Å². The standard InChI is InChI=1S/C13H20N4O3/c1-2-16-9-10(8-14-16)15-13(20)17-7-5-3-4-6-11(17)12(18)19/h8-9,11H,2-7H2,1H3,(H,15,20)(H,18,19). The van der Waals surface area contributed by atoms with Crippen molar-refractivity contribution in [2.45, 2.75) is 45.2 Å². The zero-order valence-corrected chi connectivity index (χ0v) is 11.6. The fraction of sp³-hybridized carbons (Fsp3) is 0.615. The number of amides is 2.